The van der Waals surface area contributed by atoms with Gasteiger partial charge in [-0.15, -0.1) is 0 Å². The van der Waals surface area contributed by atoms with E-state index in [2.05, 4.69) is 15.0 Å². The Hall–Kier alpha value is -3.38. The molecule has 1 aromatic heterocycles. The van der Waals surface area contributed by atoms with Crippen LogP contribution in [0.3, 0.4) is 0 Å². The monoisotopic (exact) mass is 470 g/mol. The fraction of sp³-hybridized carbons (Fsp3) is 0.200. The summed E-state index contributed by atoms with van der Waals surface area (Å²) in [6.45, 7) is 1.42. The second-order valence-corrected chi connectivity index (χ2v) is 7.48. The molecule has 0 aliphatic heterocycles. The minimum Gasteiger partial charge on any atom is -0.492 e. The van der Waals surface area contributed by atoms with Crippen LogP contribution in [0.1, 0.15) is 18.1 Å². The zero-order valence-corrected chi connectivity index (χ0v) is 17.3. The van der Waals surface area contributed by atoms with Crippen LogP contribution in [0.5, 0.6) is 17.4 Å². The van der Waals surface area contributed by atoms with Gasteiger partial charge < -0.3 is 25.6 Å². The molecule has 0 saturated carbocycles. The maximum Gasteiger partial charge on any atom is 0.416 e. The minimum atomic E-state index is -4.48. The van der Waals surface area contributed by atoms with E-state index >= 15 is 0 Å². The van der Waals surface area contributed by atoms with Gasteiger partial charge >= 0.3 is 6.18 Å². The first kappa shape index (κ1) is 23.3. The summed E-state index contributed by atoms with van der Waals surface area (Å²) in [5, 5.41) is 32.9. The van der Waals surface area contributed by atoms with E-state index in [9.17, 15) is 22.7 Å². The van der Waals surface area contributed by atoms with Crippen LogP contribution in [-0.2, 0) is 6.18 Å². The van der Waals surface area contributed by atoms with Crippen LogP contribution < -0.4 is 15.4 Å². The molecule has 32 heavy (non-hydrogen) atoms. The number of benzene rings is 2. The lowest BCUT2D eigenvalue weighted by molar-refractivity contribution is -0.137. The number of aromatic nitrogens is 1. The molecule has 1 heterocycles. The molecule has 1 unspecified atom stereocenters. The van der Waals surface area contributed by atoms with E-state index < -0.39 is 29.5 Å². The molecule has 0 amide bonds. The number of nitrogens with one attached hydrogen (secondary N) is 3. The molecule has 3 aromatic rings. The fourth-order valence-corrected chi connectivity index (χ4v) is 3.31. The standard InChI is InChI=1S/C20H18F4N4O3S/c1-10(9-29)26-17(25)16-18(30)28-32-19(16)27-12-4-7-15(14(21)8-12)31-13-5-2-11(3-6-13)20(22,23)24/h2-8,10,27,29H,9H2,1H3,(H2,25,26)(H,28,30). The van der Waals surface area contributed by atoms with Gasteiger partial charge in [-0.1, -0.05) is 0 Å². The lowest BCUT2D eigenvalue weighted by Crippen LogP contribution is -2.35. The zero-order chi connectivity index (χ0) is 23.5. The summed E-state index contributed by atoms with van der Waals surface area (Å²) in [4.78, 5) is 0. The number of hydrogen-bond donors (Lipinski definition) is 5. The molecule has 0 fully saturated rings. The Morgan fingerprint density at radius 1 is 1.22 bits per heavy atom. The molecule has 0 saturated heterocycles. The number of rotatable bonds is 7. The summed E-state index contributed by atoms with van der Waals surface area (Å²) in [5.74, 6) is -1.53. The minimum absolute atomic E-state index is 0.0322. The molecule has 7 nitrogen and oxygen atoms in total. The van der Waals surface area contributed by atoms with Crippen molar-refractivity contribution in [1.82, 2.24) is 9.69 Å². The van der Waals surface area contributed by atoms with Gasteiger partial charge in [-0.25, -0.2) is 4.39 Å². The van der Waals surface area contributed by atoms with Crippen molar-refractivity contribution in [3.8, 4) is 17.4 Å². The summed E-state index contributed by atoms with van der Waals surface area (Å²) < 4.78 is 61.5. The number of halogens is 4. The van der Waals surface area contributed by atoms with Crippen molar-refractivity contribution in [1.29, 1.82) is 5.41 Å². The van der Waals surface area contributed by atoms with Gasteiger partial charge in [-0.2, -0.15) is 17.5 Å². The number of alkyl halides is 3. The van der Waals surface area contributed by atoms with E-state index in [0.29, 0.717) is 0 Å². The van der Waals surface area contributed by atoms with Crippen molar-refractivity contribution >= 4 is 28.1 Å². The van der Waals surface area contributed by atoms with Crippen LogP contribution in [0.15, 0.2) is 42.5 Å². The Labute approximate surface area is 184 Å². The Balaban J connectivity index is 1.75. The third kappa shape index (κ3) is 5.45. The normalized spacial score (nSPS) is 12.3. The van der Waals surface area contributed by atoms with Crippen molar-refractivity contribution in [3.05, 3.63) is 59.4 Å². The number of aliphatic hydroxyl groups excluding tert-OH is 1. The second-order valence-electron chi connectivity index (χ2n) is 6.71. The number of nitrogens with zero attached hydrogens (tertiary/aromatic N) is 1. The molecule has 12 heteroatoms. The first-order chi connectivity index (χ1) is 15.1. The van der Waals surface area contributed by atoms with Gasteiger partial charge in [0.2, 0.25) is 5.88 Å². The Morgan fingerprint density at radius 2 is 1.91 bits per heavy atom. The highest BCUT2D eigenvalue weighted by molar-refractivity contribution is 7.11. The molecule has 3 rings (SSSR count). The number of hydrogen-bond acceptors (Lipinski definition) is 7. The van der Waals surface area contributed by atoms with Crippen LogP contribution in [0.25, 0.3) is 0 Å². The quantitative estimate of drug-likeness (QED) is 0.192. The zero-order valence-electron chi connectivity index (χ0n) is 16.5. The maximum atomic E-state index is 14.5. The van der Waals surface area contributed by atoms with Crippen molar-refractivity contribution < 1.29 is 32.5 Å². The summed E-state index contributed by atoms with van der Waals surface area (Å²) in [6.07, 6.45) is -4.48. The van der Waals surface area contributed by atoms with Crippen molar-refractivity contribution in [3.63, 3.8) is 0 Å². The third-order valence-corrected chi connectivity index (χ3v) is 4.94. The largest absolute Gasteiger partial charge is 0.492 e. The van der Waals surface area contributed by atoms with E-state index in [1.54, 1.807) is 6.92 Å². The molecular formula is C20H18F4N4O3S. The molecule has 0 aliphatic rings. The average molecular weight is 470 g/mol. The predicted octanol–water partition coefficient (Wildman–Crippen LogP) is 4.84. The molecule has 5 N–H and O–H groups in total. The highest BCUT2D eigenvalue weighted by Crippen LogP contribution is 2.35. The smallest absolute Gasteiger partial charge is 0.416 e. The van der Waals surface area contributed by atoms with Gasteiger partial charge in [0.05, 0.1) is 12.2 Å². The lowest BCUT2D eigenvalue weighted by Gasteiger charge is -2.14. The van der Waals surface area contributed by atoms with Gasteiger partial charge in [0.1, 0.15) is 22.1 Å². The first-order valence-electron chi connectivity index (χ1n) is 9.15. The fourth-order valence-electron chi connectivity index (χ4n) is 2.59. The van der Waals surface area contributed by atoms with E-state index in [1.165, 1.54) is 12.1 Å². The lowest BCUT2D eigenvalue weighted by atomic mass is 10.2. The van der Waals surface area contributed by atoms with E-state index in [1.807, 2.05) is 0 Å². The number of anilines is 2. The predicted molar refractivity (Wildman–Crippen MR) is 111 cm³/mol. The summed E-state index contributed by atoms with van der Waals surface area (Å²) in [6, 6.07) is 7.24. The summed E-state index contributed by atoms with van der Waals surface area (Å²) in [5.41, 5.74) is -0.530. The van der Waals surface area contributed by atoms with Gasteiger partial charge in [-0.3, -0.25) is 5.41 Å². The van der Waals surface area contributed by atoms with Gasteiger partial charge in [0, 0.05) is 17.8 Å². The molecule has 0 bridgehead atoms. The average Bonchev–Trinajstić information content (AvgIpc) is 3.09. The highest BCUT2D eigenvalue weighted by Gasteiger charge is 2.30. The summed E-state index contributed by atoms with van der Waals surface area (Å²) in [7, 11) is 0. The molecule has 2 aromatic carbocycles. The number of aromatic hydroxyl groups is 1. The van der Waals surface area contributed by atoms with Crippen molar-refractivity contribution in [2.24, 2.45) is 0 Å². The van der Waals surface area contributed by atoms with E-state index in [0.717, 1.165) is 41.9 Å². The Kier molecular flexibility index (Phi) is 6.84. The molecular weight excluding hydrogens is 452 g/mol. The second kappa shape index (κ2) is 9.40. The first-order valence-corrected chi connectivity index (χ1v) is 9.92. The van der Waals surface area contributed by atoms with Crippen LogP contribution in [0.4, 0.5) is 28.3 Å². The Bertz CT molecular complexity index is 1100. The summed E-state index contributed by atoms with van der Waals surface area (Å²) >= 11 is 0.850. The highest BCUT2D eigenvalue weighted by atomic mass is 32.1. The van der Waals surface area contributed by atoms with Crippen molar-refractivity contribution in [2.45, 2.75) is 19.1 Å². The van der Waals surface area contributed by atoms with Crippen molar-refractivity contribution in [2.75, 3.05) is 11.9 Å². The number of amidine groups is 1. The third-order valence-electron chi connectivity index (χ3n) is 4.19. The number of ether oxygens (including phenoxy) is 1. The molecule has 0 aliphatic carbocycles. The van der Waals surface area contributed by atoms with E-state index in [-0.39, 0.29) is 40.2 Å². The van der Waals surface area contributed by atoms with Crippen LogP contribution in [0.2, 0.25) is 0 Å². The van der Waals surface area contributed by atoms with Crippen LogP contribution >= 0.6 is 11.5 Å². The number of aliphatic hydroxyl groups is 1. The molecule has 1 atom stereocenters. The SMILES string of the molecule is CC(CO)NC(=N)c1c(O)nsc1Nc1ccc(Oc2ccc(C(F)(F)F)cc2)c(F)c1. The Morgan fingerprint density at radius 3 is 2.50 bits per heavy atom. The van der Waals surface area contributed by atoms with Gasteiger partial charge in [-0.05, 0) is 54.9 Å². The van der Waals surface area contributed by atoms with Gasteiger partial charge in [0.15, 0.2) is 11.6 Å². The topological polar surface area (TPSA) is 110 Å². The molecule has 170 valence electrons. The van der Waals surface area contributed by atoms with E-state index in [4.69, 9.17) is 15.3 Å². The maximum absolute atomic E-state index is 14.5. The van der Waals surface area contributed by atoms with Crippen LogP contribution in [0, 0.1) is 11.2 Å². The van der Waals surface area contributed by atoms with Gasteiger partial charge in [0.25, 0.3) is 0 Å². The molecule has 0 radical (unpaired) electrons. The molecule has 0 spiro atoms. The van der Waals surface area contributed by atoms with Crippen LogP contribution in [-0.4, -0.2) is 33.1 Å².